The highest BCUT2D eigenvalue weighted by Gasteiger charge is 2.05. The van der Waals surface area contributed by atoms with E-state index in [0.717, 1.165) is 10.5 Å². The summed E-state index contributed by atoms with van der Waals surface area (Å²) in [6.45, 7) is 0. The first-order valence-corrected chi connectivity index (χ1v) is 6.83. The lowest BCUT2D eigenvalue weighted by molar-refractivity contribution is 0.682. The van der Waals surface area contributed by atoms with Crippen LogP contribution < -0.4 is 5.73 Å². The Morgan fingerprint density at radius 1 is 1.12 bits per heavy atom. The summed E-state index contributed by atoms with van der Waals surface area (Å²) in [6, 6.07) is 14.5. The van der Waals surface area contributed by atoms with Gasteiger partial charge in [-0.05, 0) is 35.9 Å². The summed E-state index contributed by atoms with van der Waals surface area (Å²) < 4.78 is 12.1. The van der Waals surface area contributed by atoms with E-state index in [0.29, 0.717) is 16.5 Å². The van der Waals surface area contributed by atoms with Crippen LogP contribution in [0.5, 0.6) is 0 Å². The van der Waals surface area contributed by atoms with E-state index < -0.39 is 10.8 Å². The average molecular weight is 266 g/mol. The first-order valence-electron chi connectivity index (χ1n) is 5.13. The van der Waals surface area contributed by atoms with Crippen molar-refractivity contribution in [2.24, 2.45) is 0 Å². The maximum Gasteiger partial charge on any atom is 0.0574 e. The van der Waals surface area contributed by atoms with E-state index in [1.54, 1.807) is 18.2 Å². The third-order valence-corrected chi connectivity index (χ3v) is 3.92. The number of benzene rings is 2. The Morgan fingerprint density at radius 2 is 1.88 bits per heavy atom. The molecule has 0 aromatic heterocycles. The lowest BCUT2D eigenvalue weighted by Crippen LogP contribution is -1.97. The largest absolute Gasteiger partial charge is 0.399 e. The van der Waals surface area contributed by atoms with Crippen molar-refractivity contribution in [3.63, 3.8) is 0 Å². The van der Waals surface area contributed by atoms with Crippen molar-refractivity contribution in [1.82, 2.24) is 0 Å². The monoisotopic (exact) mass is 265 g/mol. The standard InChI is InChI=1S/C13H12ClNOS/c14-11-4-2-6-13(8-11)17(16)9-10-3-1-5-12(15)7-10/h1-8H,9,15H2. The van der Waals surface area contributed by atoms with Crippen LogP contribution in [-0.4, -0.2) is 4.21 Å². The van der Waals surface area contributed by atoms with Gasteiger partial charge < -0.3 is 5.73 Å². The normalized spacial score (nSPS) is 12.3. The molecule has 2 nitrogen and oxygen atoms in total. The van der Waals surface area contributed by atoms with Gasteiger partial charge in [0.15, 0.2) is 0 Å². The number of halogens is 1. The molecule has 0 saturated heterocycles. The van der Waals surface area contributed by atoms with Crippen molar-refractivity contribution >= 4 is 28.1 Å². The van der Waals surface area contributed by atoms with Crippen LogP contribution in [0, 0.1) is 0 Å². The third kappa shape index (κ3) is 3.32. The molecule has 0 aliphatic carbocycles. The minimum atomic E-state index is -1.09. The van der Waals surface area contributed by atoms with Gasteiger partial charge >= 0.3 is 0 Å². The van der Waals surface area contributed by atoms with E-state index in [2.05, 4.69) is 0 Å². The van der Waals surface area contributed by atoms with Crippen LogP contribution in [0.4, 0.5) is 5.69 Å². The Bertz CT molecular complexity index is 557. The SMILES string of the molecule is Nc1cccc(CS(=O)c2cccc(Cl)c2)c1. The fraction of sp³-hybridized carbons (Fsp3) is 0.0769. The van der Waals surface area contributed by atoms with Crippen LogP contribution in [0.15, 0.2) is 53.4 Å². The summed E-state index contributed by atoms with van der Waals surface area (Å²) in [5.74, 6) is 0.450. The van der Waals surface area contributed by atoms with Gasteiger partial charge in [-0.25, -0.2) is 0 Å². The summed E-state index contributed by atoms with van der Waals surface area (Å²) >= 11 is 5.86. The quantitative estimate of drug-likeness (QED) is 0.866. The zero-order chi connectivity index (χ0) is 12.3. The molecule has 17 heavy (non-hydrogen) atoms. The van der Waals surface area contributed by atoms with Crippen LogP contribution in [0.25, 0.3) is 0 Å². The summed E-state index contributed by atoms with van der Waals surface area (Å²) in [5.41, 5.74) is 7.32. The van der Waals surface area contributed by atoms with E-state index in [4.69, 9.17) is 17.3 Å². The van der Waals surface area contributed by atoms with Gasteiger partial charge in [0.25, 0.3) is 0 Å². The van der Waals surface area contributed by atoms with Crippen LogP contribution >= 0.6 is 11.6 Å². The second-order valence-electron chi connectivity index (χ2n) is 3.69. The van der Waals surface area contributed by atoms with Crippen LogP contribution in [0.3, 0.4) is 0 Å². The number of anilines is 1. The molecule has 0 fully saturated rings. The van der Waals surface area contributed by atoms with Gasteiger partial charge in [-0.3, -0.25) is 4.21 Å². The molecule has 2 rings (SSSR count). The fourth-order valence-electron chi connectivity index (χ4n) is 1.53. The second-order valence-corrected chi connectivity index (χ2v) is 5.58. The molecule has 0 amide bonds. The molecule has 1 unspecified atom stereocenters. The molecular weight excluding hydrogens is 254 g/mol. The molecule has 2 aromatic carbocycles. The van der Waals surface area contributed by atoms with Crippen LogP contribution in [0.2, 0.25) is 5.02 Å². The molecule has 0 aliphatic rings. The molecule has 2 aromatic rings. The van der Waals surface area contributed by atoms with Gasteiger partial charge in [-0.2, -0.15) is 0 Å². The van der Waals surface area contributed by atoms with Gasteiger partial charge in [-0.1, -0.05) is 29.8 Å². The number of hydrogen-bond acceptors (Lipinski definition) is 2. The van der Waals surface area contributed by atoms with Crippen LogP contribution in [0.1, 0.15) is 5.56 Å². The molecule has 0 radical (unpaired) electrons. The first kappa shape index (κ1) is 12.1. The molecule has 0 spiro atoms. The molecule has 2 N–H and O–H groups in total. The molecule has 1 atom stereocenters. The molecule has 0 aliphatic heterocycles. The first-order chi connectivity index (χ1) is 8.15. The maximum atomic E-state index is 12.1. The highest BCUT2D eigenvalue weighted by molar-refractivity contribution is 7.84. The van der Waals surface area contributed by atoms with E-state index in [-0.39, 0.29) is 0 Å². The lowest BCUT2D eigenvalue weighted by atomic mass is 10.2. The van der Waals surface area contributed by atoms with Crippen LogP contribution in [-0.2, 0) is 16.6 Å². The minimum Gasteiger partial charge on any atom is -0.399 e. The summed E-state index contributed by atoms with van der Waals surface area (Å²) in [6.07, 6.45) is 0. The number of nitrogen functional groups attached to an aromatic ring is 1. The Morgan fingerprint density at radius 3 is 2.59 bits per heavy atom. The van der Waals surface area contributed by atoms with Gasteiger partial charge in [0.1, 0.15) is 0 Å². The number of hydrogen-bond donors (Lipinski definition) is 1. The zero-order valence-electron chi connectivity index (χ0n) is 9.10. The molecular formula is C13H12ClNOS. The number of nitrogens with two attached hydrogens (primary N) is 1. The van der Waals surface area contributed by atoms with E-state index >= 15 is 0 Å². The molecule has 0 bridgehead atoms. The highest BCUT2D eigenvalue weighted by Crippen LogP contribution is 2.17. The van der Waals surface area contributed by atoms with Gasteiger partial charge in [0.05, 0.1) is 16.6 Å². The Kier molecular flexibility index (Phi) is 3.82. The molecule has 4 heteroatoms. The second kappa shape index (κ2) is 5.34. The predicted molar refractivity (Wildman–Crippen MR) is 72.4 cm³/mol. The molecule has 88 valence electrons. The lowest BCUT2D eigenvalue weighted by Gasteiger charge is -2.04. The van der Waals surface area contributed by atoms with Crippen molar-refractivity contribution in [1.29, 1.82) is 0 Å². The van der Waals surface area contributed by atoms with Crippen molar-refractivity contribution in [3.05, 3.63) is 59.1 Å². The van der Waals surface area contributed by atoms with E-state index in [1.165, 1.54) is 0 Å². The molecule has 0 saturated carbocycles. The average Bonchev–Trinajstić information content (AvgIpc) is 2.29. The van der Waals surface area contributed by atoms with Crippen molar-refractivity contribution in [2.45, 2.75) is 10.6 Å². The van der Waals surface area contributed by atoms with E-state index in [1.807, 2.05) is 30.3 Å². The summed E-state index contributed by atoms with van der Waals surface area (Å²) in [7, 11) is -1.09. The summed E-state index contributed by atoms with van der Waals surface area (Å²) in [4.78, 5) is 0.736. The van der Waals surface area contributed by atoms with Gasteiger partial charge in [-0.15, -0.1) is 0 Å². The summed E-state index contributed by atoms with van der Waals surface area (Å²) in [5, 5.41) is 0.600. The Balaban J connectivity index is 2.17. The fourth-order valence-corrected chi connectivity index (χ4v) is 2.92. The van der Waals surface area contributed by atoms with Crippen molar-refractivity contribution in [3.8, 4) is 0 Å². The van der Waals surface area contributed by atoms with Gasteiger partial charge in [0.2, 0.25) is 0 Å². The third-order valence-electron chi connectivity index (χ3n) is 2.31. The Labute approximate surface area is 108 Å². The Hall–Kier alpha value is -1.32. The van der Waals surface area contributed by atoms with Crippen molar-refractivity contribution < 1.29 is 4.21 Å². The van der Waals surface area contributed by atoms with E-state index in [9.17, 15) is 4.21 Å². The maximum absolute atomic E-state index is 12.1. The molecule has 0 heterocycles. The zero-order valence-corrected chi connectivity index (χ0v) is 10.7. The van der Waals surface area contributed by atoms with Crippen molar-refractivity contribution in [2.75, 3.05) is 5.73 Å². The number of rotatable bonds is 3. The van der Waals surface area contributed by atoms with Gasteiger partial charge in [0, 0.05) is 15.6 Å². The minimum absolute atomic E-state index is 0.450. The highest BCUT2D eigenvalue weighted by atomic mass is 35.5. The predicted octanol–water partition coefficient (Wildman–Crippen LogP) is 3.23. The topological polar surface area (TPSA) is 43.1 Å². The smallest absolute Gasteiger partial charge is 0.0574 e.